The standard InChI is InChI=1S/C31H39N3O6S/c1-23(2)20-32-31(36)29(18-24-11-7-6-8-12-24)33(21-25-13-9-15-27(17-25)39-3)30(35)22-34(41(5,37)38)26-14-10-16-28(19-26)40-4/h6-17,19,23,29H,18,20-22H2,1-5H3,(H,32,36)/t29-/m0/s1. The van der Waals surface area contributed by atoms with Crippen LogP contribution in [0.2, 0.25) is 0 Å². The van der Waals surface area contributed by atoms with Gasteiger partial charge in [-0.05, 0) is 41.3 Å². The molecule has 220 valence electrons. The average Bonchev–Trinajstić information content (AvgIpc) is 2.96. The van der Waals surface area contributed by atoms with E-state index < -0.39 is 28.5 Å². The van der Waals surface area contributed by atoms with Crippen molar-refractivity contribution in [3.63, 3.8) is 0 Å². The van der Waals surface area contributed by atoms with Crippen LogP contribution in [0.25, 0.3) is 0 Å². The molecule has 1 N–H and O–H groups in total. The summed E-state index contributed by atoms with van der Waals surface area (Å²) < 4.78 is 37.5. The van der Waals surface area contributed by atoms with Crippen LogP contribution in [0.15, 0.2) is 78.9 Å². The van der Waals surface area contributed by atoms with Crippen LogP contribution in [-0.2, 0) is 32.6 Å². The molecule has 3 rings (SSSR count). The number of nitrogens with one attached hydrogen (secondary N) is 1. The lowest BCUT2D eigenvalue weighted by molar-refractivity contribution is -0.140. The van der Waals surface area contributed by atoms with E-state index in [0.29, 0.717) is 18.0 Å². The molecule has 0 radical (unpaired) electrons. The Morgan fingerprint density at radius 2 is 1.46 bits per heavy atom. The van der Waals surface area contributed by atoms with Crippen molar-refractivity contribution in [3.05, 3.63) is 90.0 Å². The summed E-state index contributed by atoms with van der Waals surface area (Å²) in [7, 11) is -0.837. The molecule has 0 saturated heterocycles. The number of amides is 2. The summed E-state index contributed by atoms with van der Waals surface area (Å²) >= 11 is 0. The van der Waals surface area contributed by atoms with E-state index in [4.69, 9.17) is 9.47 Å². The number of ether oxygens (including phenoxy) is 2. The number of hydrogen-bond donors (Lipinski definition) is 1. The highest BCUT2D eigenvalue weighted by atomic mass is 32.2. The van der Waals surface area contributed by atoms with Crippen molar-refractivity contribution in [1.29, 1.82) is 0 Å². The van der Waals surface area contributed by atoms with Gasteiger partial charge in [0, 0.05) is 25.6 Å². The number of rotatable bonds is 14. The van der Waals surface area contributed by atoms with Crippen LogP contribution in [0.4, 0.5) is 5.69 Å². The highest BCUT2D eigenvalue weighted by Gasteiger charge is 2.33. The second-order valence-corrected chi connectivity index (χ2v) is 12.1. The van der Waals surface area contributed by atoms with Gasteiger partial charge < -0.3 is 19.7 Å². The SMILES string of the molecule is COc1cccc(CN(C(=O)CN(c2cccc(OC)c2)S(C)(=O)=O)[C@@H](Cc2ccccc2)C(=O)NCC(C)C)c1. The highest BCUT2D eigenvalue weighted by Crippen LogP contribution is 2.24. The van der Waals surface area contributed by atoms with Crippen molar-refractivity contribution in [2.24, 2.45) is 5.92 Å². The van der Waals surface area contributed by atoms with Crippen LogP contribution in [0.5, 0.6) is 11.5 Å². The zero-order valence-corrected chi connectivity index (χ0v) is 25.1. The van der Waals surface area contributed by atoms with Crippen molar-refractivity contribution in [1.82, 2.24) is 10.2 Å². The van der Waals surface area contributed by atoms with Gasteiger partial charge in [-0.2, -0.15) is 0 Å². The Hall–Kier alpha value is -4.05. The van der Waals surface area contributed by atoms with Gasteiger partial charge in [0.1, 0.15) is 24.1 Å². The van der Waals surface area contributed by atoms with Gasteiger partial charge >= 0.3 is 0 Å². The molecule has 0 aliphatic rings. The van der Waals surface area contributed by atoms with E-state index in [1.54, 1.807) is 49.6 Å². The van der Waals surface area contributed by atoms with E-state index in [0.717, 1.165) is 21.7 Å². The molecular formula is C31H39N3O6S. The molecule has 0 aromatic heterocycles. The maximum Gasteiger partial charge on any atom is 0.244 e. The third kappa shape index (κ3) is 9.24. The zero-order chi connectivity index (χ0) is 30.0. The van der Waals surface area contributed by atoms with Gasteiger partial charge in [0.25, 0.3) is 0 Å². The molecule has 10 heteroatoms. The highest BCUT2D eigenvalue weighted by molar-refractivity contribution is 7.92. The Morgan fingerprint density at radius 3 is 2.07 bits per heavy atom. The number of nitrogens with zero attached hydrogens (tertiary/aromatic N) is 2. The summed E-state index contributed by atoms with van der Waals surface area (Å²) in [6, 6.07) is 22.3. The molecule has 0 aliphatic carbocycles. The molecule has 0 fully saturated rings. The molecule has 9 nitrogen and oxygen atoms in total. The number of sulfonamides is 1. The summed E-state index contributed by atoms with van der Waals surface area (Å²) in [4.78, 5) is 29.3. The van der Waals surface area contributed by atoms with E-state index in [2.05, 4.69) is 5.32 Å². The second-order valence-electron chi connectivity index (χ2n) is 10.2. The van der Waals surface area contributed by atoms with Crippen LogP contribution in [0, 0.1) is 5.92 Å². The predicted molar refractivity (Wildman–Crippen MR) is 161 cm³/mol. The van der Waals surface area contributed by atoms with E-state index >= 15 is 0 Å². The third-order valence-corrected chi connectivity index (χ3v) is 7.60. The Labute approximate surface area is 243 Å². The Kier molecular flexibility index (Phi) is 11.2. The minimum atomic E-state index is -3.87. The fraction of sp³-hybridized carbons (Fsp3) is 0.355. The first-order valence-corrected chi connectivity index (χ1v) is 15.2. The number of hydrogen-bond acceptors (Lipinski definition) is 6. The molecule has 0 unspecified atom stereocenters. The lowest BCUT2D eigenvalue weighted by Gasteiger charge is -2.33. The van der Waals surface area contributed by atoms with Gasteiger partial charge in [0.05, 0.1) is 26.2 Å². The summed E-state index contributed by atoms with van der Waals surface area (Å²) in [5, 5.41) is 2.97. The molecule has 1 atom stereocenters. The molecule has 41 heavy (non-hydrogen) atoms. The summed E-state index contributed by atoms with van der Waals surface area (Å²) in [6.45, 7) is 3.98. The van der Waals surface area contributed by atoms with E-state index in [-0.39, 0.29) is 30.5 Å². The van der Waals surface area contributed by atoms with Gasteiger partial charge in [-0.25, -0.2) is 8.42 Å². The normalized spacial score (nSPS) is 12.0. The predicted octanol–water partition coefficient (Wildman–Crippen LogP) is 3.88. The third-order valence-electron chi connectivity index (χ3n) is 6.46. The molecule has 2 amide bonds. The van der Waals surface area contributed by atoms with Gasteiger partial charge in [0.15, 0.2) is 0 Å². The average molecular weight is 582 g/mol. The number of anilines is 1. The molecule has 0 spiro atoms. The number of benzene rings is 3. The fourth-order valence-electron chi connectivity index (χ4n) is 4.32. The second kappa shape index (κ2) is 14.5. The molecule has 0 bridgehead atoms. The smallest absolute Gasteiger partial charge is 0.244 e. The van der Waals surface area contributed by atoms with Gasteiger partial charge in [0.2, 0.25) is 21.8 Å². The van der Waals surface area contributed by atoms with Crippen molar-refractivity contribution >= 4 is 27.5 Å². The van der Waals surface area contributed by atoms with Crippen molar-refractivity contribution in [3.8, 4) is 11.5 Å². The van der Waals surface area contributed by atoms with Crippen molar-refractivity contribution in [2.75, 3.05) is 37.9 Å². The Bertz CT molecular complexity index is 1410. The first kappa shape index (κ1) is 31.5. The van der Waals surface area contributed by atoms with Crippen LogP contribution in [0.1, 0.15) is 25.0 Å². The molecule has 0 aliphatic heterocycles. The van der Waals surface area contributed by atoms with Crippen LogP contribution >= 0.6 is 0 Å². The summed E-state index contributed by atoms with van der Waals surface area (Å²) in [6.07, 6.45) is 1.29. The lowest BCUT2D eigenvalue weighted by Crippen LogP contribution is -2.53. The summed E-state index contributed by atoms with van der Waals surface area (Å²) in [5.74, 6) is 0.417. The van der Waals surface area contributed by atoms with Crippen molar-refractivity contribution in [2.45, 2.75) is 32.9 Å². The maximum absolute atomic E-state index is 14.1. The van der Waals surface area contributed by atoms with Crippen LogP contribution < -0.4 is 19.1 Å². The van der Waals surface area contributed by atoms with E-state index in [1.165, 1.54) is 12.0 Å². The van der Waals surface area contributed by atoms with Crippen molar-refractivity contribution < 1.29 is 27.5 Å². The van der Waals surface area contributed by atoms with Crippen LogP contribution in [-0.4, -0.2) is 64.7 Å². The van der Waals surface area contributed by atoms with Gasteiger partial charge in [-0.3, -0.25) is 13.9 Å². The number of carbonyl (C=O) groups excluding carboxylic acids is 2. The lowest BCUT2D eigenvalue weighted by atomic mass is 10.0. The molecule has 0 heterocycles. The topological polar surface area (TPSA) is 105 Å². The number of methoxy groups -OCH3 is 2. The van der Waals surface area contributed by atoms with E-state index in [9.17, 15) is 18.0 Å². The fourth-order valence-corrected chi connectivity index (χ4v) is 5.16. The first-order chi connectivity index (χ1) is 19.5. The summed E-state index contributed by atoms with van der Waals surface area (Å²) in [5.41, 5.74) is 1.89. The largest absolute Gasteiger partial charge is 0.497 e. The monoisotopic (exact) mass is 581 g/mol. The number of carbonyl (C=O) groups is 2. The Morgan fingerprint density at radius 1 is 0.854 bits per heavy atom. The quantitative estimate of drug-likeness (QED) is 0.310. The molecule has 3 aromatic rings. The molecule has 0 saturated carbocycles. The van der Waals surface area contributed by atoms with Crippen LogP contribution in [0.3, 0.4) is 0 Å². The van der Waals surface area contributed by atoms with E-state index in [1.807, 2.05) is 50.2 Å². The van der Waals surface area contributed by atoms with Gasteiger partial charge in [-0.15, -0.1) is 0 Å². The minimum Gasteiger partial charge on any atom is -0.497 e. The molecular weight excluding hydrogens is 542 g/mol. The minimum absolute atomic E-state index is 0.0678. The van der Waals surface area contributed by atoms with Gasteiger partial charge in [-0.1, -0.05) is 62.4 Å². The maximum atomic E-state index is 14.1. The Balaban J connectivity index is 2.06. The first-order valence-electron chi connectivity index (χ1n) is 13.4. The molecule has 3 aromatic carbocycles. The zero-order valence-electron chi connectivity index (χ0n) is 24.2.